The van der Waals surface area contributed by atoms with Gasteiger partial charge in [0, 0.05) is 18.7 Å². The minimum absolute atomic E-state index is 0.400. The molecule has 7 heteroatoms. The topological polar surface area (TPSA) is 76.2 Å². The molecule has 1 aliphatic heterocycles. The van der Waals surface area contributed by atoms with E-state index >= 15 is 0 Å². The molecule has 1 aromatic heterocycles. The molecule has 3 aromatic carbocycles. The van der Waals surface area contributed by atoms with E-state index in [1.165, 1.54) is 0 Å². The van der Waals surface area contributed by atoms with Crippen molar-refractivity contribution in [3.05, 3.63) is 102 Å². The zero-order chi connectivity index (χ0) is 23.9. The second kappa shape index (κ2) is 10.7. The highest BCUT2D eigenvalue weighted by atomic mass is 16.5. The third-order valence-electron chi connectivity index (χ3n) is 5.77. The summed E-state index contributed by atoms with van der Waals surface area (Å²) in [7, 11) is 0. The van der Waals surface area contributed by atoms with Crippen molar-refractivity contribution in [2.75, 3.05) is 31.2 Å². The normalized spacial score (nSPS) is 13.9. The Labute approximate surface area is 204 Å². The fourth-order valence-electron chi connectivity index (χ4n) is 4.00. The Morgan fingerprint density at radius 2 is 1.60 bits per heavy atom. The zero-order valence-corrected chi connectivity index (χ0v) is 19.2. The lowest BCUT2D eigenvalue weighted by Crippen LogP contribution is -2.38. The number of rotatable bonds is 7. The molecule has 0 aliphatic carbocycles. The van der Waals surface area contributed by atoms with Crippen molar-refractivity contribution >= 4 is 17.6 Å². The lowest BCUT2D eigenvalue weighted by Gasteiger charge is -2.28. The monoisotopic (exact) mass is 463 g/mol. The highest BCUT2D eigenvalue weighted by Crippen LogP contribution is 2.29. The standard InChI is InChI=1S/C28H25N5O2/c29-20-24(19-23-11-7-8-14-26(23)35-21-22-9-3-1-4-10-22)27-30-31-28(32-15-17-34-18-16-32)33(27)25-12-5-2-6-13-25/h1-14,19H,15-18,21H2/b24-19+. The summed E-state index contributed by atoms with van der Waals surface area (Å²) in [5.41, 5.74) is 3.17. The van der Waals surface area contributed by atoms with Crippen molar-refractivity contribution in [1.82, 2.24) is 14.8 Å². The van der Waals surface area contributed by atoms with Crippen LogP contribution in [0.1, 0.15) is 17.0 Å². The van der Waals surface area contributed by atoms with Crippen LogP contribution >= 0.6 is 0 Å². The third-order valence-corrected chi connectivity index (χ3v) is 5.77. The molecule has 0 spiro atoms. The minimum atomic E-state index is 0.400. The number of aromatic nitrogens is 3. The molecule has 7 nitrogen and oxygen atoms in total. The lowest BCUT2D eigenvalue weighted by molar-refractivity contribution is 0.122. The molecular formula is C28H25N5O2. The van der Waals surface area contributed by atoms with Crippen LogP contribution in [-0.2, 0) is 11.3 Å². The molecule has 0 radical (unpaired) electrons. The lowest BCUT2D eigenvalue weighted by atomic mass is 10.1. The molecule has 0 unspecified atom stereocenters. The average molecular weight is 464 g/mol. The molecule has 1 saturated heterocycles. The predicted molar refractivity (Wildman–Crippen MR) is 135 cm³/mol. The molecule has 174 valence electrons. The first kappa shape index (κ1) is 22.4. The van der Waals surface area contributed by atoms with Crippen molar-refractivity contribution in [2.24, 2.45) is 0 Å². The van der Waals surface area contributed by atoms with Crippen LogP contribution in [0.15, 0.2) is 84.9 Å². The van der Waals surface area contributed by atoms with Gasteiger partial charge in [-0.25, -0.2) is 0 Å². The van der Waals surface area contributed by atoms with Crippen molar-refractivity contribution in [1.29, 1.82) is 5.26 Å². The van der Waals surface area contributed by atoms with Gasteiger partial charge in [-0.1, -0.05) is 66.7 Å². The molecule has 4 aromatic rings. The number of allylic oxidation sites excluding steroid dienone is 1. The summed E-state index contributed by atoms with van der Waals surface area (Å²) in [4.78, 5) is 2.14. The van der Waals surface area contributed by atoms with Gasteiger partial charge in [0.15, 0.2) is 5.82 Å². The van der Waals surface area contributed by atoms with E-state index in [9.17, 15) is 5.26 Å². The molecular weight excluding hydrogens is 438 g/mol. The van der Waals surface area contributed by atoms with Crippen LogP contribution in [0.5, 0.6) is 5.75 Å². The molecule has 1 fully saturated rings. The fourth-order valence-corrected chi connectivity index (χ4v) is 4.00. The van der Waals surface area contributed by atoms with Gasteiger partial charge in [-0.2, -0.15) is 5.26 Å². The van der Waals surface area contributed by atoms with E-state index in [0.717, 1.165) is 16.8 Å². The predicted octanol–water partition coefficient (Wildman–Crippen LogP) is 4.75. The van der Waals surface area contributed by atoms with Crippen LogP contribution in [0.2, 0.25) is 0 Å². The van der Waals surface area contributed by atoms with Crippen molar-refractivity contribution < 1.29 is 9.47 Å². The van der Waals surface area contributed by atoms with Gasteiger partial charge in [0.25, 0.3) is 0 Å². The molecule has 0 saturated carbocycles. The first-order chi connectivity index (χ1) is 17.3. The number of hydrogen-bond acceptors (Lipinski definition) is 6. The SMILES string of the molecule is N#C/C(=C\c1ccccc1OCc1ccccc1)c1nnc(N2CCOCC2)n1-c1ccccc1. The van der Waals surface area contributed by atoms with Crippen LogP contribution in [0, 0.1) is 11.3 Å². The van der Waals surface area contributed by atoms with E-state index in [-0.39, 0.29) is 0 Å². The Bertz CT molecular complexity index is 1340. The smallest absolute Gasteiger partial charge is 0.232 e. The van der Waals surface area contributed by atoms with Gasteiger partial charge in [0.2, 0.25) is 5.95 Å². The summed E-state index contributed by atoms with van der Waals surface area (Å²) in [5, 5.41) is 19.1. The Hall–Kier alpha value is -4.41. The molecule has 35 heavy (non-hydrogen) atoms. The Balaban J connectivity index is 1.53. The van der Waals surface area contributed by atoms with E-state index in [1.54, 1.807) is 0 Å². The number of morpholine rings is 1. The Morgan fingerprint density at radius 3 is 2.34 bits per heavy atom. The maximum Gasteiger partial charge on any atom is 0.232 e. The molecule has 0 N–H and O–H groups in total. The first-order valence-electron chi connectivity index (χ1n) is 11.5. The number of hydrogen-bond donors (Lipinski definition) is 0. The van der Waals surface area contributed by atoms with Crippen LogP contribution in [-0.4, -0.2) is 41.1 Å². The van der Waals surface area contributed by atoms with Crippen LogP contribution < -0.4 is 9.64 Å². The molecule has 0 amide bonds. The van der Waals surface area contributed by atoms with Crippen LogP contribution in [0.4, 0.5) is 5.95 Å². The summed E-state index contributed by atoms with van der Waals surface area (Å²) < 4.78 is 13.6. The Morgan fingerprint density at radius 1 is 0.914 bits per heavy atom. The summed E-state index contributed by atoms with van der Waals surface area (Å²) in [5.74, 6) is 1.88. The van der Waals surface area contributed by atoms with Crippen LogP contribution in [0.25, 0.3) is 17.3 Å². The van der Waals surface area contributed by atoms with Crippen molar-refractivity contribution in [3.63, 3.8) is 0 Å². The minimum Gasteiger partial charge on any atom is -0.488 e. The quantitative estimate of drug-likeness (QED) is 0.368. The van der Waals surface area contributed by atoms with Crippen molar-refractivity contribution in [2.45, 2.75) is 6.61 Å². The number of nitriles is 1. The maximum atomic E-state index is 10.2. The van der Waals surface area contributed by atoms with Crippen LogP contribution in [0.3, 0.4) is 0 Å². The second-order valence-corrected chi connectivity index (χ2v) is 8.08. The van der Waals surface area contributed by atoms with E-state index in [0.29, 0.717) is 56.0 Å². The first-order valence-corrected chi connectivity index (χ1v) is 11.5. The molecule has 2 heterocycles. The average Bonchev–Trinajstić information content (AvgIpc) is 3.38. The molecule has 1 aliphatic rings. The number of ether oxygens (including phenoxy) is 2. The third kappa shape index (κ3) is 5.08. The van der Waals surface area contributed by atoms with E-state index < -0.39 is 0 Å². The van der Waals surface area contributed by atoms with Gasteiger partial charge >= 0.3 is 0 Å². The number of para-hydroxylation sites is 2. The summed E-state index contributed by atoms with van der Waals surface area (Å²) in [6, 6.07) is 29.9. The number of benzene rings is 3. The van der Waals surface area contributed by atoms with Gasteiger partial charge in [0.1, 0.15) is 18.4 Å². The van der Waals surface area contributed by atoms with Crippen molar-refractivity contribution in [3.8, 4) is 17.5 Å². The fraction of sp³-hybridized carbons (Fsp3) is 0.179. The Kier molecular flexibility index (Phi) is 6.83. The maximum absolute atomic E-state index is 10.2. The largest absolute Gasteiger partial charge is 0.488 e. The number of nitrogens with zero attached hydrogens (tertiary/aromatic N) is 5. The highest BCUT2D eigenvalue weighted by Gasteiger charge is 2.23. The van der Waals surface area contributed by atoms with Gasteiger partial charge < -0.3 is 14.4 Å². The summed E-state index contributed by atoms with van der Waals surface area (Å²) in [6.45, 7) is 3.13. The second-order valence-electron chi connectivity index (χ2n) is 8.08. The summed E-state index contributed by atoms with van der Waals surface area (Å²) >= 11 is 0. The molecule has 5 rings (SSSR count). The zero-order valence-electron chi connectivity index (χ0n) is 19.2. The number of anilines is 1. The van der Waals surface area contributed by atoms with E-state index in [2.05, 4.69) is 21.2 Å². The van der Waals surface area contributed by atoms with E-state index in [1.807, 2.05) is 95.6 Å². The van der Waals surface area contributed by atoms with Gasteiger partial charge in [-0.3, -0.25) is 4.57 Å². The van der Waals surface area contributed by atoms with Gasteiger partial charge in [-0.05, 0) is 29.8 Å². The molecule has 0 atom stereocenters. The highest BCUT2D eigenvalue weighted by molar-refractivity contribution is 5.89. The van der Waals surface area contributed by atoms with E-state index in [4.69, 9.17) is 9.47 Å². The van der Waals surface area contributed by atoms with Gasteiger partial charge in [-0.15, -0.1) is 10.2 Å². The molecule has 0 bridgehead atoms. The van der Waals surface area contributed by atoms with Gasteiger partial charge in [0.05, 0.1) is 24.5 Å². The summed E-state index contributed by atoms with van der Waals surface area (Å²) in [6.07, 6.45) is 1.81.